The summed E-state index contributed by atoms with van der Waals surface area (Å²) >= 11 is 2.16. The van der Waals surface area contributed by atoms with Crippen molar-refractivity contribution in [2.75, 3.05) is 16.8 Å². The summed E-state index contributed by atoms with van der Waals surface area (Å²) in [5.41, 5.74) is 0.695. The molecule has 1 atom stereocenters. The molecule has 1 aromatic rings. The van der Waals surface area contributed by atoms with Crippen LogP contribution in [-0.4, -0.2) is 32.0 Å². The lowest BCUT2D eigenvalue weighted by Gasteiger charge is -2.12. The van der Waals surface area contributed by atoms with Crippen LogP contribution >= 0.6 is 22.6 Å². The van der Waals surface area contributed by atoms with E-state index in [-0.39, 0.29) is 23.6 Å². The normalized spacial score (nSPS) is 21.5. The van der Waals surface area contributed by atoms with Gasteiger partial charge in [-0.2, -0.15) is 0 Å². The Kier molecular flexibility index (Phi) is 4.10. The summed E-state index contributed by atoms with van der Waals surface area (Å²) in [4.78, 5) is 11.7. The zero-order valence-electron chi connectivity index (χ0n) is 9.52. The van der Waals surface area contributed by atoms with Gasteiger partial charge in [-0.25, -0.2) is 13.2 Å². The maximum absolute atomic E-state index is 11.7. The molecule has 5 nitrogen and oxygen atoms in total. The summed E-state index contributed by atoms with van der Waals surface area (Å²) in [5, 5.41) is 5.36. The van der Waals surface area contributed by atoms with Crippen LogP contribution in [-0.2, 0) is 9.84 Å². The summed E-state index contributed by atoms with van der Waals surface area (Å²) in [6, 6.07) is 6.75. The molecule has 1 aliphatic heterocycles. The van der Waals surface area contributed by atoms with E-state index in [0.717, 1.165) is 3.57 Å². The van der Waals surface area contributed by atoms with Crippen LogP contribution in [0.25, 0.3) is 0 Å². The number of hydrogen-bond acceptors (Lipinski definition) is 3. The Bertz CT molecular complexity index is 559. The zero-order valence-corrected chi connectivity index (χ0v) is 12.5. The van der Waals surface area contributed by atoms with Gasteiger partial charge in [0.1, 0.15) is 0 Å². The van der Waals surface area contributed by atoms with Crippen molar-refractivity contribution < 1.29 is 13.2 Å². The Labute approximate surface area is 119 Å². The Morgan fingerprint density at radius 2 is 2.17 bits per heavy atom. The number of urea groups is 1. The molecule has 1 unspecified atom stereocenters. The fourth-order valence-corrected chi connectivity index (χ4v) is 4.04. The van der Waals surface area contributed by atoms with Crippen molar-refractivity contribution in [2.45, 2.75) is 12.5 Å². The molecule has 2 amide bonds. The van der Waals surface area contributed by atoms with Crippen LogP contribution in [0.5, 0.6) is 0 Å². The van der Waals surface area contributed by atoms with Crippen LogP contribution in [0.1, 0.15) is 6.42 Å². The van der Waals surface area contributed by atoms with E-state index < -0.39 is 9.84 Å². The molecule has 0 bridgehead atoms. The molecule has 2 rings (SSSR count). The van der Waals surface area contributed by atoms with Gasteiger partial charge in [0.25, 0.3) is 0 Å². The lowest BCUT2D eigenvalue weighted by atomic mass is 10.3. The minimum Gasteiger partial charge on any atom is -0.334 e. The molecule has 0 spiro atoms. The van der Waals surface area contributed by atoms with Crippen LogP contribution in [0.4, 0.5) is 10.5 Å². The minimum atomic E-state index is -2.96. The molecule has 0 saturated carbocycles. The maximum atomic E-state index is 11.7. The van der Waals surface area contributed by atoms with Gasteiger partial charge in [0.2, 0.25) is 0 Å². The number of halogens is 1. The highest BCUT2D eigenvalue weighted by molar-refractivity contribution is 14.1. The van der Waals surface area contributed by atoms with Gasteiger partial charge in [-0.05, 0) is 47.2 Å². The Balaban J connectivity index is 1.90. The molecule has 0 aliphatic carbocycles. The number of anilines is 1. The van der Waals surface area contributed by atoms with Crippen LogP contribution in [0.3, 0.4) is 0 Å². The number of carbonyl (C=O) groups excluding carboxylic acids is 1. The van der Waals surface area contributed by atoms with E-state index in [4.69, 9.17) is 0 Å². The number of rotatable bonds is 2. The number of sulfone groups is 1. The Morgan fingerprint density at radius 1 is 1.39 bits per heavy atom. The fourth-order valence-electron chi connectivity index (χ4n) is 1.83. The molecular formula is C11H13IN2O3S. The van der Waals surface area contributed by atoms with Crippen molar-refractivity contribution in [1.82, 2.24) is 5.32 Å². The largest absolute Gasteiger partial charge is 0.334 e. The molecule has 1 saturated heterocycles. The monoisotopic (exact) mass is 380 g/mol. The Morgan fingerprint density at radius 3 is 2.78 bits per heavy atom. The van der Waals surface area contributed by atoms with Gasteiger partial charge in [0.15, 0.2) is 9.84 Å². The van der Waals surface area contributed by atoms with Crippen LogP contribution in [0, 0.1) is 3.57 Å². The number of benzene rings is 1. The third-order valence-corrected chi connectivity index (χ3v) is 5.09. The van der Waals surface area contributed by atoms with Gasteiger partial charge in [0.05, 0.1) is 11.5 Å². The highest BCUT2D eigenvalue weighted by atomic mass is 127. The Hall–Kier alpha value is -0.830. The quantitative estimate of drug-likeness (QED) is 0.766. The molecule has 18 heavy (non-hydrogen) atoms. The molecule has 2 N–H and O–H groups in total. The zero-order chi connectivity index (χ0) is 13.2. The van der Waals surface area contributed by atoms with E-state index in [1.54, 1.807) is 6.07 Å². The van der Waals surface area contributed by atoms with Crippen LogP contribution in [0.2, 0.25) is 0 Å². The predicted molar refractivity (Wildman–Crippen MR) is 78.4 cm³/mol. The minimum absolute atomic E-state index is 0.0345. The standard InChI is InChI=1S/C11H13IN2O3S/c12-8-2-1-3-9(6-8)13-11(15)14-10-4-5-18(16,17)7-10/h1-3,6,10H,4-5,7H2,(H2,13,14,15). The van der Waals surface area contributed by atoms with Crippen molar-refractivity contribution >= 4 is 44.1 Å². The van der Waals surface area contributed by atoms with Gasteiger partial charge < -0.3 is 10.6 Å². The topological polar surface area (TPSA) is 75.3 Å². The molecule has 7 heteroatoms. The van der Waals surface area contributed by atoms with Crippen LogP contribution in [0.15, 0.2) is 24.3 Å². The first kappa shape index (κ1) is 13.6. The summed E-state index contributed by atoms with van der Waals surface area (Å²) in [6.45, 7) is 0. The molecule has 0 radical (unpaired) electrons. The smallest absolute Gasteiger partial charge is 0.319 e. The average Bonchev–Trinajstić information content (AvgIpc) is 2.57. The number of hydrogen-bond donors (Lipinski definition) is 2. The van der Waals surface area contributed by atoms with E-state index in [1.165, 1.54) is 0 Å². The van der Waals surface area contributed by atoms with Crippen molar-refractivity contribution in [1.29, 1.82) is 0 Å². The second kappa shape index (κ2) is 5.43. The number of carbonyl (C=O) groups is 1. The summed E-state index contributed by atoms with van der Waals surface area (Å²) < 4.78 is 23.5. The van der Waals surface area contributed by atoms with E-state index in [0.29, 0.717) is 12.1 Å². The third kappa shape index (κ3) is 3.84. The predicted octanol–water partition coefficient (Wildman–Crippen LogP) is 1.60. The van der Waals surface area contributed by atoms with E-state index >= 15 is 0 Å². The lowest BCUT2D eigenvalue weighted by Crippen LogP contribution is -2.38. The van der Waals surface area contributed by atoms with Gasteiger partial charge in [-0.15, -0.1) is 0 Å². The second-order valence-electron chi connectivity index (χ2n) is 4.21. The maximum Gasteiger partial charge on any atom is 0.319 e. The van der Waals surface area contributed by atoms with Gasteiger partial charge in [-0.3, -0.25) is 0 Å². The summed E-state index contributed by atoms with van der Waals surface area (Å²) in [5.74, 6) is 0.188. The molecular weight excluding hydrogens is 367 g/mol. The molecule has 1 heterocycles. The van der Waals surface area contributed by atoms with Crippen LogP contribution < -0.4 is 10.6 Å². The fraction of sp³-hybridized carbons (Fsp3) is 0.364. The van der Waals surface area contributed by atoms with Crippen molar-refractivity contribution in [3.8, 4) is 0 Å². The van der Waals surface area contributed by atoms with E-state index in [1.807, 2.05) is 18.2 Å². The van der Waals surface area contributed by atoms with Gasteiger partial charge in [-0.1, -0.05) is 6.07 Å². The lowest BCUT2D eigenvalue weighted by molar-refractivity contribution is 0.249. The number of nitrogens with one attached hydrogen (secondary N) is 2. The molecule has 1 aliphatic rings. The SMILES string of the molecule is O=C(Nc1cccc(I)c1)NC1CCS(=O)(=O)C1. The van der Waals surface area contributed by atoms with Gasteiger partial charge in [0, 0.05) is 15.3 Å². The first-order valence-corrected chi connectivity index (χ1v) is 8.38. The highest BCUT2D eigenvalue weighted by Gasteiger charge is 2.28. The molecule has 1 fully saturated rings. The van der Waals surface area contributed by atoms with E-state index in [2.05, 4.69) is 33.2 Å². The van der Waals surface area contributed by atoms with E-state index in [9.17, 15) is 13.2 Å². The van der Waals surface area contributed by atoms with Crippen molar-refractivity contribution in [3.63, 3.8) is 0 Å². The summed E-state index contributed by atoms with van der Waals surface area (Å²) in [7, 11) is -2.96. The average molecular weight is 380 g/mol. The van der Waals surface area contributed by atoms with Crippen molar-refractivity contribution in [3.05, 3.63) is 27.8 Å². The van der Waals surface area contributed by atoms with Gasteiger partial charge >= 0.3 is 6.03 Å². The first-order valence-electron chi connectivity index (χ1n) is 5.48. The van der Waals surface area contributed by atoms with Crippen molar-refractivity contribution in [2.24, 2.45) is 0 Å². The highest BCUT2D eigenvalue weighted by Crippen LogP contribution is 2.14. The molecule has 1 aromatic carbocycles. The molecule has 0 aromatic heterocycles. The second-order valence-corrected chi connectivity index (χ2v) is 7.68. The summed E-state index contributed by atoms with van der Waals surface area (Å²) in [6.07, 6.45) is 0.488. The number of amides is 2. The molecule has 98 valence electrons. The third-order valence-electron chi connectivity index (χ3n) is 2.65. The first-order chi connectivity index (χ1) is 8.44.